The van der Waals surface area contributed by atoms with E-state index < -0.39 is 5.82 Å². The molecule has 4 rings (SSSR count). The van der Waals surface area contributed by atoms with E-state index in [1.165, 1.54) is 0 Å². The molecule has 0 aliphatic carbocycles. The van der Waals surface area contributed by atoms with E-state index in [9.17, 15) is 0 Å². The Hall–Kier alpha value is -2.99. The van der Waals surface area contributed by atoms with Crippen LogP contribution in [-0.4, -0.2) is 28.6 Å². The van der Waals surface area contributed by atoms with E-state index in [1.54, 1.807) is 19.3 Å². The van der Waals surface area contributed by atoms with Crippen LogP contribution < -0.4 is 10.1 Å². The summed E-state index contributed by atoms with van der Waals surface area (Å²) in [6, 6.07) is 11.5. The molecule has 0 bridgehead atoms. The van der Waals surface area contributed by atoms with Crippen LogP contribution in [0.2, 0.25) is 5.02 Å². The van der Waals surface area contributed by atoms with Gasteiger partial charge in [0.1, 0.15) is 17.0 Å². The molecule has 0 aliphatic rings. The van der Waals surface area contributed by atoms with Crippen molar-refractivity contribution < 1.29 is 9.13 Å². The highest BCUT2D eigenvalue weighted by molar-refractivity contribution is 6.36. The van der Waals surface area contributed by atoms with Crippen LogP contribution in [0.1, 0.15) is 52.4 Å². The third kappa shape index (κ3) is 5.48. The van der Waals surface area contributed by atoms with Crippen LogP contribution in [0.5, 0.6) is 6.01 Å². The van der Waals surface area contributed by atoms with Crippen molar-refractivity contribution in [2.24, 2.45) is 5.92 Å². The molecule has 0 amide bonds. The van der Waals surface area contributed by atoms with Gasteiger partial charge in [0.05, 0.1) is 12.0 Å². The fourth-order valence-electron chi connectivity index (χ4n) is 4.46. The van der Waals surface area contributed by atoms with Gasteiger partial charge < -0.3 is 10.1 Å². The Bertz CT molecular complexity index is 1300. The molecule has 4 aromatic rings. The smallest absolute Gasteiger partial charge is 0.319 e. The van der Waals surface area contributed by atoms with Gasteiger partial charge in [-0.15, -0.1) is 0 Å². The molecule has 2 aromatic heterocycles. The molecule has 0 spiro atoms. The number of pyridine rings is 1. The summed E-state index contributed by atoms with van der Waals surface area (Å²) < 4.78 is 22.0. The number of ether oxygens (including phenoxy) is 1. The number of hydrogen-bond acceptors (Lipinski definition) is 5. The summed E-state index contributed by atoms with van der Waals surface area (Å²) >= 11 is 6.49. The summed E-state index contributed by atoms with van der Waals surface area (Å²) in [5, 5.41) is 5.76. The van der Waals surface area contributed by atoms with E-state index in [0.717, 1.165) is 49.3 Å². The third-order valence-electron chi connectivity index (χ3n) is 6.39. The van der Waals surface area contributed by atoms with E-state index in [-0.39, 0.29) is 17.2 Å². The van der Waals surface area contributed by atoms with Crippen LogP contribution in [0.15, 0.2) is 42.6 Å². The predicted octanol–water partition coefficient (Wildman–Crippen LogP) is 8.05. The largest absolute Gasteiger partial charge is 0.463 e. The third-order valence-corrected chi connectivity index (χ3v) is 6.70. The van der Waals surface area contributed by atoms with Crippen LogP contribution in [-0.2, 0) is 0 Å². The van der Waals surface area contributed by atoms with Crippen molar-refractivity contribution in [1.82, 2.24) is 15.0 Å². The Labute approximate surface area is 211 Å². The van der Waals surface area contributed by atoms with Gasteiger partial charge in [0.15, 0.2) is 5.82 Å². The number of nitrogens with zero attached hydrogens (tertiary/aromatic N) is 3. The van der Waals surface area contributed by atoms with E-state index in [1.807, 2.05) is 30.3 Å². The normalized spacial score (nSPS) is 11.5. The van der Waals surface area contributed by atoms with Gasteiger partial charge in [-0.2, -0.15) is 9.97 Å². The SMILES string of the molecule is CCCCC(CCCC)COc1nc(NC)c2cnc(-c3cccc4cccc(Cl)c34)c(F)c2n1. The second kappa shape index (κ2) is 11.6. The topological polar surface area (TPSA) is 59.9 Å². The summed E-state index contributed by atoms with van der Waals surface area (Å²) in [5.74, 6) is 0.396. The Morgan fingerprint density at radius 1 is 1.03 bits per heavy atom. The van der Waals surface area contributed by atoms with Crippen LogP contribution >= 0.6 is 11.6 Å². The lowest BCUT2D eigenvalue weighted by Gasteiger charge is -2.17. The van der Waals surface area contributed by atoms with Gasteiger partial charge >= 0.3 is 6.01 Å². The molecule has 0 saturated heterocycles. The molecule has 0 fully saturated rings. The highest BCUT2D eigenvalue weighted by Crippen LogP contribution is 2.36. The van der Waals surface area contributed by atoms with E-state index in [0.29, 0.717) is 34.3 Å². The molecule has 7 heteroatoms. The van der Waals surface area contributed by atoms with E-state index in [2.05, 4.69) is 34.1 Å². The maximum Gasteiger partial charge on any atom is 0.319 e. The van der Waals surface area contributed by atoms with Crippen molar-refractivity contribution >= 4 is 39.1 Å². The zero-order chi connectivity index (χ0) is 24.8. The van der Waals surface area contributed by atoms with Crippen molar-refractivity contribution in [1.29, 1.82) is 0 Å². The van der Waals surface area contributed by atoms with Gasteiger partial charge in [0.25, 0.3) is 0 Å². The maximum atomic E-state index is 16.0. The summed E-state index contributed by atoms with van der Waals surface area (Å²) in [6.07, 6.45) is 8.44. The summed E-state index contributed by atoms with van der Waals surface area (Å²) in [6.45, 7) is 4.91. The highest BCUT2D eigenvalue weighted by Gasteiger charge is 2.20. The quantitative estimate of drug-likeness (QED) is 0.228. The minimum atomic E-state index is -0.521. The molecule has 0 atom stereocenters. The summed E-state index contributed by atoms with van der Waals surface area (Å²) in [4.78, 5) is 13.4. The fraction of sp³-hybridized carbons (Fsp3) is 0.393. The monoisotopic (exact) mass is 494 g/mol. The number of anilines is 1. The number of benzene rings is 2. The first-order valence-corrected chi connectivity index (χ1v) is 12.8. The van der Waals surface area contributed by atoms with Crippen molar-refractivity contribution in [3.05, 3.63) is 53.4 Å². The van der Waals surface area contributed by atoms with Gasteiger partial charge in [0, 0.05) is 29.2 Å². The molecule has 0 saturated carbocycles. The molecule has 184 valence electrons. The second-order valence-corrected chi connectivity index (χ2v) is 9.30. The molecule has 2 heterocycles. The molecule has 1 N–H and O–H groups in total. The lowest BCUT2D eigenvalue weighted by Crippen LogP contribution is -2.14. The zero-order valence-corrected chi connectivity index (χ0v) is 21.3. The maximum absolute atomic E-state index is 16.0. The van der Waals surface area contributed by atoms with Crippen molar-refractivity contribution in [2.75, 3.05) is 19.0 Å². The van der Waals surface area contributed by atoms with Gasteiger partial charge in [0.2, 0.25) is 0 Å². The van der Waals surface area contributed by atoms with Crippen molar-refractivity contribution in [2.45, 2.75) is 52.4 Å². The first-order chi connectivity index (χ1) is 17.1. The first kappa shape index (κ1) is 25.1. The Kier molecular flexibility index (Phi) is 8.34. The minimum absolute atomic E-state index is 0.173. The molecule has 0 unspecified atom stereocenters. The number of unbranched alkanes of at least 4 members (excludes halogenated alkanes) is 2. The average Bonchev–Trinajstić information content (AvgIpc) is 2.88. The highest BCUT2D eigenvalue weighted by atomic mass is 35.5. The van der Waals surface area contributed by atoms with Crippen molar-refractivity contribution in [3.63, 3.8) is 0 Å². The molecular weight excluding hydrogens is 463 g/mol. The number of halogens is 2. The van der Waals surface area contributed by atoms with Crippen LogP contribution in [0.4, 0.5) is 10.2 Å². The lowest BCUT2D eigenvalue weighted by molar-refractivity contribution is 0.212. The van der Waals surface area contributed by atoms with Crippen LogP contribution in [0.25, 0.3) is 32.9 Å². The Balaban J connectivity index is 1.74. The predicted molar refractivity (Wildman–Crippen MR) is 143 cm³/mol. The zero-order valence-electron chi connectivity index (χ0n) is 20.6. The molecule has 35 heavy (non-hydrogen) atoms. The Morgan fingerprint density at radius 3 is 2.43 bits per heavy atom. The molecule has 0 aliphatic heterocycles. The van der Waals surface area contributed by atoms with E-state index in [4.69, 9.17) is 16.3 Å². The summed E-state index contributed by atoms with van der Waals surface area (Å²) in [5.41, 5.74) is 0.998. The first-order valence-electron chi connectivity index (χ1n) is 12.4. The van der Waals surface area contributed by atoms with Crippen LogP contribution in [0, 0.1) is 11.7 Å². The van der Waals surface area contributed by atoms with Gasteiger partial charge in [-0.25, -0.2) is 4.39 Å². The molecular formula is C28H32ClFN4O. The standard InChI is InChI=1S/C28H32ClFN4O/c1-4-6-10-18(11-7-5-2)17-35-28-33-26-21(27(31-3)34-28)16-32-25(24(26)30)20-14-8-12-19-13-9-15-22(29)23(19)20/h8-9,12-16,18H,4-7,10-11,17H2,1-3H3,(H,31,33,34). The van der Waals surface area contributed by atoms with Gasteiger partial charge in [-0.1, -0.05) is 81.5 Å². The average molecular weight is 495 g/mol. The molecule has 0 radical (unpaired) electrons. The second-order valence-electron chi connectivity index (χ2n) is 8.89. The number of aromatic nitrogens is 3. The lowest BCUT2D eigenvalue weighted by atomic mass is 9.97. The van der Waals surface area contributed by atoms with Crippen molar-refractivity contribution in [3.8, 4) is 17.3 Å². The minimum Gasteiger partial charge on any atom is -0.463 e. The van der Waals surface area contributed by atoms with Gasteiger partial charge in [-0.05, 0) is 30.2 Å². The molecule has 5 nitrogen and oxygen atoms in total. The number of fused-ring (bicyclic) bond motifs is 2. The number of nitrogens with one attached hydrogen (secondary N) is 1. The number of rotatable bonds is 11. The molecule has 2 aromatic carbocycles. The van der Waals surface area contributed by atoms with Crippen LogP contribution in [0.3, 0.4) is 0 Å². The van der Waals surface area contributed by atoms with Gasteiger partial charge in [-0.3, -0.25) is 4.98 Å². The number of hydrogen-bond donors (Lipinski definition) is 1. The van der Waals surface area contributed by atoms with E-state index >= 15 is 4.39 Å². The summed E-state index contributed by atoms with van der Waals surface area (Å²) in [7, 11) is 1.74. The fourth-order valence-corrected chi connectivity index (χ4v) is 4.74. The Morgan fingerprint density at radius 2 is 1.74 bits per heavy atom.